The SMILES string of the molecule is CC(=O)NC(CC(=O)NCc1ccc(NC(N)=O)cc1)c1ccc(C)cc1. The molecule has 2 rings (SSSR count). The van der Waals surface area contributed by atoms with E-state index in [0.29, 0.717) is 12.2 Å². The number of aryl methyl sites for hydroxylation is 1. The Kier molecular flexibility index (Phi) is 6.93. The largest absolute Gasteiger partial charge is 0.352 e. The summed E-state index contributed by atoms with van der Waals surface area (Å²) in [6.45, 7) is 3.76. The van der Waals surface area contributed by atoms with Crippen LogP contribution in [-0.4, -0.2) is 17.8 Å². The van der Waals surface area contributed by atoms with Gasteiger partial charge in [-0.1, -0.05) is 42.0 Å². The molecule has 5 N–H and O–H groups in total. The topological polar surface area (TPSA) is 113 Å². The molecule has 0 bridgehead atoms. The van der Waals surface area contributed by atoms with Crippen LogP contribution in [-0.2, 0) is 16.1 Å². The molecule has 7 nitrogen and oxygen atoms in total. The summed E-state index contributed by atoms with van der Waals surface area (Å²) >= 11 is 0. The van der Waals surface area contributed by atoms with E-state index in [1.165, 1.54) is 6.92 Å². The van der Waals surface area contributed by atoms with Gasteiger partial charge in [-0.2, -0.15) is 0 Å². The van der Waals surface area contributed by atoms with Gasteiger partial charge in [0.2, 0.25) is 11.8 Å². The molecule has 27 heavy (non-hydrogen) atoms. The molecule has 0 aliphatic heterocycles. The Bertz CT molecular complexity index is 801. The summed E-state index contributed by atoms with van der Waals surface area (Å²) < 4.78 is 0. The summed E-state index contributed by atoms with van der Waals surface area (Å²) in [7, 11) is 0. The van der Waals surface area contributed by atoms with Gasteiger partial charge in [-0.05, 0) is 30.2 Å². The molecule has 0 heterocycles. The molecule has 0 fully saturated rings. The van der Waals surface area contributed by atoms with E-state index in [1.807, 2.05) is 31.2 Å². The minimum absolute atomic E-state index is 0.143. The lowest BCUT2D eigenvalue weighted by Gasteiger charge is -2.18. The fourth-order valence-corrected chi connectivity index (χ4v) is 2.60. The van der Waals surface area contributed by atoms with Gasteiger partial charge in [-0.25, -0.2) is 4.79 Å². The predicted octanol–water partition coefficient (Wildman–Crippen LogP) is 2.37. The molecule has 0 aliphatic carbocycles. The fraction of sp³-hybridized carbons (Fsp3) is 0.250. The normalized spacial score (nSPS) is 11.3. The van der Waals surface area contributed by atoms with Gasteiger partial charge >= 0.3 is 6.03 Å². The van der Waals surface area contributed by atoms with E-state index in [4.69, 9.17) is 5.73 Å². The lowest BCUT2D eigenvalue weighted by atomic mass is 10.0. The maximum Gasteiger partial charge on any atom is 0.316 e. The van der Waals surface area contributed by atoms with Gasteiger partial charge in [-0.3, -0.25) is 9.59 Å². The van der Waals surface area contributed by atoms with Gasteiger partial charge in [0.05, 0.1) is 12.5 Å². The van der Waals surface area contributed by atoms with Gasteiger partial charge in [0, 0.05) is 19.2 Å². The number of amides is 4. The Hall–Kier alpha value is -3.35. The van der Waals surface area contributed by atoms with Gasteiger partial charge < -0.3 is 21.7 Å². The van der Waals surface area contributed by atoms with Crippen molar-refractivity contribution >= 4 is 23.5 Å². The van der Waals surface area contributed by atoms with Crippen molar-refractivity contribution in [1.82, 2.24) is 10.6 Å². The van der Waals surface area contributed by atoms with Crippen LogP contribution in [0.15, 0.2) is 48.5 Å². The summed E-state index contributed by atoms with van der Waals surface area (Å²) in [4.78, 5) is 34.6. The molecule has 4 amide bonds. The molecular formula is C20H24N4O3. The summed E-state index contributed by atoms with van der Waals surface area (Å²) in [6.07, 6.45) is 0.143. The second-order valence-electron chi connectivity index (χ2n) is 6.33. The molecule has 142 valence electrons. The van der Waals surface area contributed by atoms with Crippen LogP contribution in [0.3, 0.4) is 0 Å². The van der Waals surface area contributed by atoms with Crippen LogP contribution in [0.2, 0.25) is 0 Å². The molecule has 0 spiro atoms. The summed E-state index contributed by atoms with van der Waals surface area (Å²) in [5.74, 6) is -0.362. The molecule has 0 radical (unpaired) electrons. The number of hydrogen-bond acceptors (Lipinski definition) is 3. The molecule has 0 saturated heterocycles. The minimum Gasteiger partial charge on any atom is -0.352 e. The number of primary amides is 1. The number of carbonyl (C=O) groups excluding carboxylic acids is 3. The van der Waals surface area contributed by atoms with E-state index in [0.717, 1.165) is 16.7 Å². The van der Waals surface area contributed by atoms with E-state index < -0.39 is 6.03 Å². The van der Waals surface area contributed by atoms with Crippen LogP contribution in [0.4, 0.5) is 10.5 Å². The van der Waals surface area contributed by atoms with Gasteiger partial charge in [-0.15, -0.1) is 0 Å². The van der Waals surface area contributed by atoms with Crippen molar-refractivity contribution in [2.45, 2.75) is 32.9 Å². The molecule has 0 aliphatic rings. The van der Waals surface area contributed by atoms with Crippen LogP contribution >= 0.6 is 0 Å². The van der Waals surface area contributed by atoms with Crippen LogP contribution < -0.4 is 21.7 Å². The van der Waals surface area contributed by atoms with E-state index in [-0.39, 0.29) is 24.3 Å². The van der Waals surface area contributed by atoms with E-state index in [9.17, 15) is 14.4 Å². The zero-order valence-corrected chi connectivity index (χ0v) is 15.4. The second-order valence-corrected chi connectivity index (χ2v) is 6.33. The van der Waals surface area contributed by atoms with E-state index in [2.05, 4.69) is 16.0 Å². The standard InChI is InChI=1S/C20H24N4O3/c1-13-3-7-16(8-4-13)18(23-14(2)25)11-19(26)22-12-15-5-9-17(10-6-15)24-20(21)27/h3-10,18H,11-12H2,1-2H3,(H,22,26)(H,23,25)(H3,21,24,27). The van der Waals surface area contributed by atoms with Gasteiger partial charge in [0.15, 0.2) is 0 Å². The highest BCUT2D eigenvalue weighted by molar-refractivity contribution is 5.87. The Morgan fingerprint density at radius 3 is 2.19 bits per heavy atom. The van der Waals surface area contributed by atoms with Crippen molar-refractivity contribution in [3.63, 3.8) is 0 Å². The first-order chi connectivity index (χ1) is 12.8. The van der Waals surface area contributed by atoms with Crippen LogP contribution in [0.25, 0.3) is 0 Å². The van der Waals surface area contributed by atoms with E-state index >= 15 is 0 Å². The van der Waals surface area contributed by atoms with Crippen LogP contribution in [0.5, 0.6) is 0 Å². The minimum atomic E-state index is -0.629. The first kappa shape index (κ1) is 20.0. The van der Waals surface area contributed by atoms with Crippen molar-refractivity contribution < 1.29 is 14.4 Å². The Morgan fingerprint density at radius 2 is 1.63 bits per heavy atom. The molecule has 2 aromatic rings. The molecule has 2 aromatic carbocycles. The first-order valence-electron chi connectivity index (χ1n) is 8.59. The second kappa shape index (κ2) is 9.38. The lowest BCUT2D eigenvalue weighted by molar-refractivity contribution is -0.122. The van der Waals surface area contributed by atoms with Crippen molar-refractivity contribution in [2.75, 3.05) is 5.32 Å². The monoisotopic (exact) mass is 368 g/mol. The van der Waals surface area contributed by atoms with Crippen molar-refractivity contribution in [3.05, 3.63) is 65.2 Å². The first-order valence-corrected chi connectivity index (χ1v) is 8.59. The fourth-order valence-electron chi connectivity index (χ4n) is 2.60. The number of benzene rings is 2. The molecule has 1 atom stereocenters. The zero-order chi connectivity index (χ0) is 19.8. The maximum absolute atomic E-state index is 12.3. The molecule has 0 saturated carbocycles. The lowest BCUT2D eigenvalue weighted by Crippen LogP contribution is -2.32. The maximum atomic E-state index is 12.3. The van der Waals surface area contributed by atoms with Crippen molar-refractivity contribution in [1.29, 1.82) is 0 Å². The molecular weight excluding hydrogens is 344 g/mol. The average molecular weight is 368 g/mol. The summed E-state index contributed by atoms with van der Waals surface area (Å²) in [5.41, 5.74) is 8.52. The number of nitrogens with two attached hydrogens (primary N) is 1. The summed E-state index contributed by atoms with van der Waals surface area (Å²) in [6, 6.07) is 13.7. The molecule has 7 heteroatoms. The molecule has 0 aromatic heterocycles. The van der Waals surface area contributed by atoms with Gasteiger partial charge in [0.25, 0.3) is 0 Å². The number of anilines is 1. The smallest absolute Gasteiger partial charge is 0.316 e. The zero-order valence-electron chi connectivity index (χ0n) is 15.4. The number of rotatable bonds is 7. The Labute approximate surface area is 158 Å². The van der Waals surface area contributed by atoms with Crippen LogP contribution in [0.1, 0.15) is 36.1 Å². The highest BCUT2D eigenvalue weighted by atomic mass is 16.2. The van der Waals surface area contributed by atoms with Gasteiger partial charge in [0.1, 0.15) is 0 Å². The third kappa shape index (κ3) is 6.81. The Balaban J connectivity index is 1.94. The quantitative estimate of drug-likeness (QED) is 0.601. The number of hydrogen-bond donors (Lipinski definition) is 4. The average Bonchev–Trinajstić information content (AvgIpc) is 2.60. The number of nitrogens with one attached hydrogen (secondary N) is 3. The Morgan fingerprint density at radius 1 is 1.00 bits per heavy atom. The number of carbonyl (C=O) groups is 3. The third-order valence-corrected chi connectivity index (χ3v) is 3.96. The van der Waals surface area contributed by atoms with E-state index in [1.54, 1.807) is 24.3 Å². The molecule has 1 unspecified atom stereocenters. The van der Waals surface area contributed by atoms with Crippen LogP contribution in [0, 0.1) is 6.92 Å². The highest BCUT2D eigenvalue weighted by Crippen LogP contribution is 2.18. The third-order valence-electron chi connectivity index (χ3n) is 3.96. The van der Waals surface area contributed by atoms with Crippen molar-refractivity contribution in [3.8, 4) is 0 Å². The highest BCUT2D eigenvalue weighted by Gasteiger charge is 2.17. The van der Waals surface area contributed by atoms with Crippen molar-refractivity contribution in [2.24, 2.45) is 5.73 Å². The summed E-state index contributed by atoms with van der Waals surface area (Å²) in [5, 5.41) is 8.13. The predicted molar refractivity (Wildman–Crippen MR) is 104 cm³/mol. The number of urea groups is 1.